The molecule has 3 N–H and O–H groups in total. The highest BCUT2D eigenvalue weighted by Crippen LogP contribution is 2.30. The molecule has 0 radical (unpaired) electrons. The predicted molar refractivity (Wildman–Crippen MR) is 75.9 cm³/mol. The van der Waals surface area contributed by atoms with E-state index in [1.807, 2.05) is 18.5 Å². The van der Waals surface area contributed by atoms with Crippen molar-refractivity contribution in [3.8, 4) is 0 Å². The number of aryl methyl sites for hydroxylation is 2. The minimum atomic E-state index is -0.250. The van der Waals surface area contributed by atoms with Crippen molar-refractivity contribution in [1.82, 2.24) is 15.2 Å². The van der Waals surface area contributed by atoms with Crippen molar-refractivity contribution in [2.24, 2.45) is 5.84 Å². The Hall–Kier alpha value is -1.24. The summed E-state index contributed by atoms with van der Waals surface area (Å²) in [6.45, 7) is 4.61. The third-order valence-electron chi connectivity index (χ3n) is 3.12. The monoisotopic (exact) mass is 326 g/mol. The topological polar surface area (TPSA) is 55.9 Å². The van der Waals surface area contributed by atoms with E-state index in [0.717, 1.165) is 27.8 Å². The Balaban J connectivity index is 2.52. The van der Waals surface area contributed by atoms with Crippen LogP contribution < -0.4 is 11.3 Å². The normalized spacial score (nSPS) is 12.7. The van der Waals surface area contributed by atoms with E-state index in [4.69, 9.17) is 5.84 Å². The highest BCUT2D eigenvalue weighted by atomic mass is 79.9. The van der Waals surface area contributed by atoms with Gasteiger partial charge in [-0.2, -0.15) is 5.10 Å². The fourth-order valence-electron chi connectivity index (χ4n) is 2.19. The molecule has 0 saturated carbocycles. The Morgan fingerprint density at radius 1 is 1.53 bits per heavy atom. The second kappa shape index (κ2) is 5.81. The summed E-state index contributed by atoms with van der Waals surface area (Å²) in [6, 6.07) is 4.44. The molecule has 6 heteroatoms. The van der Waals surface area contributed by atoms with Crippen molar-refractivity contribution in [2.45, 2.75) is 26.4 Å². The van der Waals surface area contributed by atoms with Crippen molar-refractivity contribution in [3.05, 3.63) is 51.5 Å². The molecule has 0 aliphatic carbocycles. The summed E-state index contributed by atoms with van der Waals surface area (Å²) >= 11 is 3.48. The molecular formula is C13H16BrFN4. The van der Waals surface area contributed by atoms with E-state index >= 15 is 0 Å². The quantitative estimate of drug-likeness (QED) is 0.671. The number of nitrogens with one attached hydrogen (secondary N) is 1. The molecule has 2 rings (SSSR count). The lowest BCUT2D eigenvalue weighted by atomic mass is 9.99. The number of benzene rings is 1. The maximum Gasteiger partial charge on any atom is 0.123 e. The van der Waals surface area contributed by atoms with E-state index in [9.17, 15) is 4.39 Å². The highest BCUT2D eigenvalue weighted by Gasteiger charge is 2.22. The molecule has 1 atom stereocenters. The predicted octanol–water partition coefficient (Wildman–Crippen LogP) is 2.67. The number of aromatic nitrogens is 2. The summed E-state index contributed by atoms with van der Waals surface area (Å²) < 4.78 is 15.9. The Bertz CT molecular complexity index is 582. The van der Waals surface area contributed by atoms with Crippen LogP contribution in [0.2, 0.25) is 0 Å². The fourth-order valence-corrected chi connectivity index (χ4v) is 2.72. The zero-order valence-corrected chi connectivity index (χ0v) is 12.4. The van der Waals surface area contributed by atoms with Gasteiger partial charge in [0.25, 0.3) is 0 Å². The van der Waals surface area contributed by atoms with E-state index < -0.39 is 0 Å². The minimum absolute atomic E-state index is 0.238. The van der Waals surface area contributed by atoms with Gasteiger partial charge in [0.15, 0.2) is 0 Å². The van der Waals surface area contributed by atoms with Gasteiger partial charge in [-0.05, 0) is 53.0 Å². The first-order valence-corrected chi connectivity index (χ1v) is 6.81. The molecule has 0 saturated heterocycles. The van der Waals surface area contributed by atoms with Gasteiger partial charge in [-0.1, -0.05) is 6.07 Å². The number of hydrogen-bond donors (Lipinski definition) is 2. The third-order valence-corrected chi connectivity index (χ3v) is 3.73. The first kappa shape index (κ1) is 14.2. The molecule has 0 aliphatic rings. The van der Waals surface area contributed by atoms with Gasteiger partial charge < -0.3 is 0 Å². The lowest BCUT2D eigenvalue weighted by Crippen LogP contribution is -2.31. The van der Waals surface area contributed by atoms with Gasteiger partial charge in [0.1, 0.15) is 5.82 Å². The van der Waals surface area contributed by atoms with E-state index in [0.29, 0.717) is 0 Å². The Labute approximate surface area is 119 Å². The van der Waals surface area contributed by atoms with Crippen LogP contribution in [0.5, 0.6) is 0 Å². The summed E-state index contributed by atoms with van der Waals surface area (Å²) in [7, 11) is 0. The second-order valence-corrected chi connectivity index (χ2v) is 5.15. The van der Waals surface area contributed by atoms with Crippen LogP contribution in [0, 0.1) is 12.7 Å². The van der Waals surface area contributed by atoms with Gasteiger partial charge in [-0.15, -0.1) is 0 Å². The molecule has 1 heterocycles. The number of hydrogen-bond acceptors (Lipinski definition) is 3. The van der Waals surface area contributed by atoms with E-state index in [1.165, 1.54) is 12.1 Å². The maximum absolute atomic E-state index is 13.2. The molecule has 2 aromatic rings. The molecule has 1 aromatic carbocycles. The number of halogens is 2. The van der Waals surface area contributed by atoms with Gasteiger partial charge in [0, 0.05) is 6.54 Å². The van der Waals surface area contributed by atoms with Crippen molar-refractivity contribution in [3.63, 3.8) is 0 Å². The lowest BCUT2D eigenvalue weighted by molar-refractivity contribution is 0.539. The molecule has 4 nitrogen and oxygen atoms in total. The zero-order chi connectivity index (χ0) is 14.0. The number of nitrogens with two attached hydrogens (primary N) is 1. The van der Waals surface area contributed by atoms with Crippen LogP contribution in [0.15, 0.2) is 28.9 Å². The summed E-state index contributed by atoms with van der Waals surface area (Å²) in [4.78, 5) is 0. The molecular weight excluding hydrogens is 311 g/mol. The third kappa shape index (κ3) is 2.70. The van der Waals surface area contributed by atoms with Crippen LogP contribution in [-0.4, -0.2) is 9.78 Å². The van der Waals surface area contributed by atoms with Crippen LogP contribution in [-0.2, 0) is 6.54 Å². The Morgan fingerprint density at radius 3 is 2.84 bits per heavy atom. The molecule has 102 valence electrons. The van der Waals surface area contributed by atoms with Gasteiger partial charge >= 0.3 is 0 Å². The maximum atomic E-state index is 13.2. The SMILES string of the molecule is CCn1ncc(Br)c1C(NN)c1ccc(F)cc1C. The molecule has 19 heavy (non-hydrogen) atoms. The fraction of sp³-hybridized carbons (Fsp3) is 0.308. The van der Waals surface area contributed by atoms with Gasteiger partial charge in [-0.3, -0.25) is 10.5 Å². The largest absolute Gasteiger partial charge is 0.271 e. The molecule has 0 spiro atoms. The summed E-state index contributed by atoms with van der Waals surface area (Å²) in [6.07, 6.45) is 1.74. The van der Waals surface area contributed by atoms with Crippen molar-refractivity contribution >= 4 is 15.9 Å². The smallest absolute Gasteiger partial charge is 0.123 e. The standard InChI is InChI=1S/C13H16BrFN4/c1-3-19-13(11(14)7-17-19)12(18-16)10-5-4-9(15)6-8(10)2/h4-7,12,18H,3,16H2,1-2H3. The molecule has 1 unspecified atom stereocenters. The van der Waals surface area contributed by atoms with Gasteiger partial charge in [0.2, 0.25) is 0 Å². The molecule has 0 fully saturated rings. The molecule has 1 aromatic heterocycles. The summed E-state index contributed by atoms with van der Waals surface area (Å²) in [5, 5.41) is 4.28. The van der Waals surface area contributed by atoms with E-state index in [2.05, 4.69) is 26.5 Å². The Morgan fingerprint density at radius 2 is 2.26 bits per heavy atom. The first-order valence-electron chi connectivity index (χ1n) is 6.01. The number of hydrazine groups is 1. The van der Waals surface area contributed by atoms with Crippen LogP contribution >= 0.6 is 15.9 Å². The molecule has 0 bridgehead atoms. The van der Waals surface area contributed by atoms with Crippen LogP contribution in [0.4, 0.5) is 4.39 Å². The number of nitrogens with zero attached hydrogens (tertiary/aromatic N) is 2. The van der Waals surface area contributed by atoms with Crippen LogP contribution in [0.1, 0.15) is 29.8 Å². The van der Waals surface area contributed by atoms with Gasteiger partial charge in [-0.25, -0.2) is 9.82 Å². The first-order chi connectivity index (χ1) is 9.08. The number of rotatable bonds is 4. The van der Waals surface area contributed by atoms with Crippen molar-refractivity contribution < 1.29 is 4.39 Å². The van der Waals surface area contributed by atoms with Crippen molar-refractivity contribution in [2.75, 3.05) is 0 Å². The second-order valence-electron chi connectivity index (χ2n) is 4.29. The van der Waals surface area contributed by atoms with Crippen LogP contribution in [0.3, 0.4) is 0 Å². The Kier molecular flexibility index (Phi) is 4.34. The molecule has 0 amide bonds. The lowest BCUT2D eigenvalue weighted by Gasteiger charge is -2.20. The minimum Gasteiger partial charge on any atom is -0.271 e. The van der Waals surface area contributed by atoms with E-state index in [-0.39, 0.29) is 11.9 Å². The molecule has 0 aliphatic heterocycles. The highest BCUT2D eigenvalue weighted by molar-refractivity contribution is 9.10. The van der Waals surface area contributed by atoms with Gasteiger partial charge in [0.05, 0.1) is 22.4 Å². The van der Waals surface area contributed by atoms with Crippen molar-refractivity contribution in [1.29, 1.82) is 0 Å². The summed E-state index contributed by atoms with van der Waals surface area (Å²) in [5.74, 6) is 5.44. The average Bonchev–Trinajstić information content (AvgIpc) is 2.74. The average molecular weight is 327 g/mol. The zero-order valence-electron chi connectivity index (χ0n) is 10.8. The van der Waals surface area contributed by atoms with Crippen LogP contribution in [0.25, 0.3) is 0 Å². The van der Waals surface area contributed by atoms with E-state index in [1.54, 1.807) is 12.3 Å². The summed E-state index contributed by atoms with van der Waals surface area (Å²) in [5.41, 5.74) is 5.49.